The van der Waals surface area contributed by atoms with E-state index in [0.29, 0.717) is 63.0 Å². The van der Waals surface area contributed by atoms with E-state index in [9.17, 15) is 49.8 Å². The van der Waals surface area contributed by atoms with Gasteiger partial charge in [-0.1, -0.05) is 38.6 Å². The average molecular weight is 1130 g/mol. The Bertz CT molecular complexity index is 3720. The van der Waals surface area contributed by atoms with Gasteiger partial charge >= 0.3 is 5.97 Å². The van der Waals surface area contributed by atoms with Crippen LogP contribution in [0.25, 0.3) is 0 Å². The molecule has 2 aromatic rings. The summed E-state index contributed by atoms with van der Waals surface area (Å²) in [5.74, 6) is -6.81. The van der Waals surface area contributed by atoms with Crippen LogP contribution in [0, 0.1) is 17.8 Å². The lowest BCUT2D eigenvalue weighted by molar-refractivity contribution is -0.245. The Morgan fingerprint density at radius 2 is 1.70 bits per heavy atom. The summed E-state index contributed by atoms with van der Waals surface area (Å²) in [6, 6.07) is 3.53. The predicted molar refractivity (Wildman–Crippen MR) is 305 cm³/mol. The molecule has 8 bridgehead atoms. The number of carbonyl (C=O) groups excluding carboxylic acids is 4. The van der Waals surface area contributed by atoms with Gasteiger partial charge in [-0.15, -0.1) is 0 Å². The van der Waals surface area contributed by atoms with Gasteiger partial charge in [0, 0.05) is 88.4 Å². The topological polar surface area (TPSA) is 326 Å². The fourth-order valence-corrected chi connectivity index (χ4v) is 13.1. The third kappa shape index (κ3) is 8.99. The van der Waals surface area contributed by atoms with Gasteiger partial charge in [0.15, 0.2) is 12.1 Å². The van der Waals surface area contributed by atoms with Crippen LogP contribution in [-0.2, 0) is 30.2 Å². The molecule has 432 valence electrons. The van der Waals surface area contributed by atoms with Crippen molar-refractivity contribution in [3.8, 4) is 17.2 Å². The molecule has 1 amide bonds. The van der Waals surface area contributed by atoms with Crippen molar-refractivity contribution in [2.24, 2.45) is 43.6 Å². The monoisotopic (exact) mass is 1130 g/mol. The Kier molecular flexibility index (Phi) is 14.5. The maximum atomic E-state index is 14.3. The minimum Gasteiger partial charge on any atom is -0.510 e. The molecule has 0 aromatic heterocycles. The van der Waals surface area contributed by atoms with Crippen LogP contribution >= 0.6 is 0 Å². The van der Waals surface area contributed by atoms with Crippen molar-refractivity contribution < 1.29 is 68.8 Å². The molecule has 0 radical (unpaired) electrons. The summed E-state index contributed by atoms with van der Waals surface area (Å²) in [5, 5.41) is 78.6. The van der Waals surface area contributed by atoms with Crippen molar-refractivity contribution in [3.63, 3.8) is 0 Å². The smallest absolute Gasteiger partial charge is 0.321 e. The molecule has 9 atom stereocenters. The van der Waals surface area contributed by atoms with Crippen LogP contribution in [0.15, 0.2) is 142 Å². The van der Waals surface area contributed by atoms with Crippen molar-refractivity contribution in [1.29, 1.82) is 0 Å². The maximum absolute atomic E-state index is 14.3. The van der Waals surface area contributed by atoms with E-state index in [4.69, 9.17) is 39.7 Å². The Balaban J connectivity index is 0.945. The quantitative estimate of drug-likeness (QED) is 0.0438. The average Bonchev–Trinajstić information content (AvgIpc) is 4.32. The Morgan fingerprint density at radius 1 is 0.976 bits per heavy atom. The molecule has 21 heteroatoms. The second kappa shape index (κ2) is 21.2. The molecule has 2 saturated heterocycles. The molecule has 3 aliphatic carbocycles. The highest BCUT2D eigenvalue weighted by Crippen LogP contribution is 2.54. The lowest BCUT2D eigenvalue weighted by Crippen LogP contribution is -2.53. The number of aliphatic hydroxyl groups excluding tert-OH is 3. The summed E-state index contributed by atoms with van der Waals surface area (Å²) in [6.07, 6.45) is 2.43. The summed E-state index contributed by atoms with van der Waals surface area (Å²) in [6.45, 7) is 14.6. The van der Waals surface area contributed by atoms with Gasteiger partial charge in [-0.25, -0.2) is 20.4 Å². The van der Waals surface area contributed by atoms with Crippen LogP contribution in [0.5, 0.6) is 17.2 Å². The molecule has 9 aliphatic rings. The lowest BCUT2D eigenvalue weighted by atomic mass is 9.71. The molecule has 0 saturated carbocycles. The number of hydrogen-bond donors (Lipinski definition) is 9. The van der Waals surface area contributed by atoms with E-state index in [2.05, 4.69) is 29.3 Å². The Morgan fingerprint density at radius 3 is 2.39 bits per heavy atom. The summed E-state index contributed by atoms with van der Waals surface area (Å²) in [5.41, 5.74) is 14.5. The number of phenolic OH excluding ortho intramolecular Hbond substituents is 2. The number of carbonyl (C=O) groups is 4. The third-order valence-corrected chi connectivity index (χ3v) is 17.7. The molecule has 83 heavy (non-hydrogen) atoms. The first-order chi connectivity index (χ1) is 39.6. The number of hydrogen-bond acceptors (Lipinski definition) is 20. The standard InChI is InChI=1S/C62H65N7O14/c1-10-29-24(3)35-18-37-26(5)31(53(66-37)49-52(61(78)81-9)58(75)46-27(6)38(67-54(46)49)20-40-30(11-2)25(4)36(65-40)19-39(29)64-35)15-16-44(71)69-68-43(23-70)62(79)21-33-48(42(22-62)83-45-17-34(63)55(72)28(7)82-45)60(77)51-50(57(33)74)56(73)32-13-12-14-41(80-8)47(32)59(51)76/h10,12-14,18-20,26,28,31,34,42,45,52,55,66,70,72,74-75,77,79H,1,11,15-17,21-23,63H2,2-9H3,(H,69,71)/b37-18?,39-19?,40-20?,53-49?,68-43-/t26-,28-,31+,34-,42-,45+,52?,55+,62-/m1/s1. The fourth-order valence-electron chi connectivity index (χ4n) is 13.1. The molecule has 21 nitrogen and oxygen atoms in total. The summed E-state index contributed by atoms with van der Waals surface area (Å²) in [4.78, 5) is 71.9. The van der Waals surface area contributed by atoms with Crippen LogP contribution in [0.4, 0.5) is 0 Å². The van der Waals surface area contributed by atoms with Crippen LogP contribution in [0.3, 0.4) is 0 Å². The van der Waals surface area contributed by atoms with Crippen molar-refractivity contribution in [2.45, 2.75) is 116 Å². The number of amides is 1. The van der Waals surface area contributed by atoms with Gasteiger partial charge in [0.2, 0.25) is 11.7 Å². The zero-order valence-corrected chi connectivity index (χ0v) is 47.1. The number of rotatable bonds is 12. The molecule has 0 spiro atoms. The van der Waals surface area contributed by atoms with Gasteiger partial charge in [0.25, 0.3) is 0 Å². The van der Waals surface area contributed by atoms with Crippen molar-refractivity contribution >= 4 is 46.3 Å². The Hall–Kier alpha value is -8.18. The molecule has 2 fully saturated rings. The van der Waals surface area contributed by atoms with E-state index < -0.39 is 119 Å². The second-order valence-corrected chi connectivity index (χ2v) is 22.3. The van der Waals surface area contributed by atoms with Gasteiger partial charge in [0.05, 0.1) is 95.8 Å². The molecule has 6 aliphatic heterocycles. The van der Waals surface area contributed by atoms with Crippen molar-refractivity contribution in [3.05, 3.63) is 156 Å². The number of ketones is 2. The summed E-state index contributed by atoms with van der Waals surface area (Å²) < 4.78 is 23.1. The first kappa shape index (κ1) is 56.7. The summed E-state index contributed by atoms with van der Waals surface area (Å²) >= 11 is 0. The number of nitrogens with one attached hydrogen (secondary N) is 2. The van der Waals surface area contributed by atoms with E-state index in [1.165, 1.54) is 32.4 Å². The highest BCUT2D eigenvalue weighted by Gasteiger charge is 2.52. The van der Waals surface area contributed by atoms with Gasteiger partial charge in [-0.3, -0.25) is 19.2 Å². The van der Waals surface area contributed by atoms with E-state index in [1.807, 2.05) is 45.9 Å². The SMILES string of the molecule is C=CC1=C(C)C2=NC1=CC1=NC(=CC3=C(C)C4=C(O)C(C(=O)OC)C(=C5NC(=C2)[C@H](C)[C@@H]5CCC(=O)N/N=C(/CO)[C@@]2(O)Cc5c(O)c6c(c(O)c5[C@H](O[C@H]5C[C@@H](N)[C@@H](O)[C@@H](C)O5)C2)C(=O)c2c(OC)cccc2C6=O)C4=N3)C(CC)=C1C. The minimum atomic E-state index is -2.28. The highest BCUT2D eigenvalue weighted by atomic mass is 16.7. The molecule has 2 aromatic carbocycles. The number of methoxy groups -OCH3 is 2. The molecule has 6 heterocycles. The number of ether oxygens (including phenoxy) is 4. The van der Waals surface area contributed by atoms with E-state index in [-0.39, 0.29) is 58.9 Å². The number of aromatic hydroxyl groups is 2. The maximum Gasteiger partial charge on any atom is 0.321 e. The second-order valence-electron chi connectivity index (χ2n) is 22.3. The third-order valence-electron chi connectivity index (χ3n) is 17.7. The van der Waals surface area contributed by atoms with Gasteiger partial charge < -0.3 is 60.6 Å². The van der Waals surface area contributed by atoms with E-state index in [0.717, 1.165) is 28.0 Å². The first-order valence-corrected chi connectivity index (χ1v) is 27.6. The van der Waals surface area contributed by atoms with E-state index in [1.54, 1.807) is 13.0 Å². The van der Waals surface area contributed by atoms with Gasteiger partial charge in [-0.05, 0) is 87.1 Å². The highest BCUT2D eigenvalue weighted by molar-refractivity contribution is 6.31. The Labute approximate surface area is 477 Å². The molecule has 1 unspecified atom stereocenters. The minimum absolute atomic E-state index is 0.0568. The number of esters is 1. The van der Waals surface area contributed by atoms with Crippen molar-refractivity contribution in [1.82, 2.24) is 10.7 Å². The van der Waals surface area contributed by atoms with Gasteiger partial charge in [-0.2, -0.15) is 5.10 Å². The number of fused-ring (bicyclic) bond motifs is 8. The molecular formula is C62H65N7O14. The fraction of sp³-hybridized carbons (Fsp3) is 0.387. The molecule has 10 N–H and O–H groups in total. The van der Waals surface area contributed by atoms with Crippen LogP contribution in [-0.4, -0.2) is 128 Å². The first-order valence-electron chi connectivity index (χ1n) is 27.6. The number of aliphatic hydroxyl groups is 4. The van der Waals surface area contributed by atoms with Crippen LogP contribution in [0.1, 0.15) is 123 Å². The number of nitrogens with two attached hydrogens (primary N) is 1. The lowest BCUT2D eigenvalue weighted by Gasteiger charge is -2.43. The normalized spacial score (nSPS) is 28.1. The number of aliphatic imine (C=N–C) groups is 3. The number of nitrogens with zero attached hydrogens (tertiary/aromatic N) is 4. The van der Waals surface area contributed by atoms with Gasteiger partial charge in [0.1, 0.15) is 34.5 Å². The zero-order valence-electron chi connectivity index (χ0n) is 47.1. The largest absolute Gasteiger partial charge is 0.510 e. The van der Waals surface area contributed by atoms with Crippen molar-refractivity contribution in [2.75, 3.05) is 20.8 Å². The zero-order chi connectivity index (χ0) is 59.4. The number of allylic oxidation sites excluding steroid dienone is 11. The van der Waals surface area contributed by atoms with E-state index >= 15 is 0 Å². The molecule has 11 rings (SSSR count). The summed E-state index contributed by atoms with van der Waals surface area (Å²) in [7, 11) is 2.56. The number of benzene rings is 2. The molecular weight excluding hydrogens is 1070 g/mol. The number of hydrazone groups is 1. The van der Waals surface area contributed by atoms with Crippen LogP contribution < -0.4 is 21.2 Å². The predicted octanol–water partition coefficient (Wildman–Crippen LogP) is 5.94. The number of phenols is 2. The van der Waals surface area contributed by atoms with Crippen LogP contribution in [0.2, 0.25) is 0 Å².